The first-order valence-corrected chi connectivity index (χ1v) is 4.56. The minimum absolute atomic E-state index is 0.316. The van der Waals surface area contributed by atoms with Crippen molar-refractivity contribution < 1.29 is 14.6 Å². The van der Waals surface area contributed by atoms with Gasteiger partial charge in [-0.3, -0.25) is 0 Å². The van der Waals surface area contributed by atoms with Crippen molar-refractivity contribution in [1.82, 2.24) is 0 Å². The van der Waals surface area contributed by atoms with Crippen LogP contribution in [-0.4, -0.2) is 17.7 Å². The first kappa shape index (κ1) is 11.1. The Morgan fingerprint density at radius 2 is 2.14 bits per heavy atom. The minimum atomic E-state index is -1.05. The molecule has 0 aliphatic carbocycles. The van der Waals surface area contributed by atoms with Gasteiger partial charge in [0.05, 0.1) is 5.02 Å². The van der Waals surface area contributed by atoms with Gasteiger partial charge in [0.25, 0.3) is 0 Å². The zero-order valence-corrected chi connectivity index (χ0v) is 8.89. The molecule has 0 atom stereocenters. The maximum Gasteiger partial charge on any atom is 0.341 e. The van der Waals surface area contributed by atoms with Gasteiger partial charge in [0.2, 0.25) is 0 Å². The number of benzene rings is 1. The van der Waals surface area contributed by atoms with E-state index in [0.29, 0.717) is 21.4 Å². The summed E-state index contributed by atoms with van der Waals surface area (Å²) in [7, 11) is 0. The number of aliphatic carboxylic acids is 1. The van der Waals surface area contributed by atoms with Crippen LogP contribution in [0.5, 0.6) is 5.75 Å². The topological polar surface area (TPSA) is 46.5 Å². The number of hydrogen-bond acceptors (Lipinski definition) is 2. The van der Waals surface area contributed by atoms with E-state index >= 15 is 0 Å². The van der Waals surface area contributed by atoms with Gasteiger partial charge in [-0.15, -0.1) is 0 Å². The Morgan fingerprint density at radius 1 is 1.50 bits per heavy atom. The summed E-state index contributed by atoms with van der Waals surface area (Å²) in [6.45, 7) is 1.33. The first-order chi connectivity index (χ1) is 6.50. The molecule has 0 saturated heterocycles. The molecule has 0 amide bonds. The molecule has 1 aromatic carbocycles. The number of halogens is 2. The molecule has 0 heterocycles. The van der Waals surface area contributed by atoms with Crippen LogP contribution in [-0.2, 0) is 4.79 Å². The maximum atomic E-state index is 10.3. The minimum Gasteiger partial charge on any atom is -0.480 e. The van der Waals surface area contributed by atoms with Crippen LogP contribution in [0.25, 0.3) is 0 Å². The van der Waals surface area contributed by atoms with E-state index in [2.05, 4.69) is 0 Å². The average Bonchev–Trinajstić information content (AvgIpc) is 2.01. The van der Waals surface area contributed by atoms with E-state index in [1.54, 1.807) is 13.0 Å². The molecule has 0 spiro atoms. The van der Waals surface area contributed by atoms with E-state index in [1.165, 1.54) is 6.07 Å². The highest BCUT2D eigenvalue weighted by molar-refractivity contribution is 6.35. The number of carbonyl (C=O) groups is 1. The molecular weight excluding hydrogens is 227 g/mol. The first-order valence-electron chi connectivity index (χ1n) is 3.81. The lowest BCUT2D eigenvalue weighted by Gasteiger charge is -2.09. The van der Waals surface area contributed by atoms with E-state index in [-0.39, 0.29) is 0 Å². The Labute approximate surface area is 91.2 Å². The summed E-state index contributed by atoms with van der Waals surface area (Å²) >= 11 is 11.5. The lowest BCUT2D eigenvalue weighted by molar-refractivity contribution is -0.139. The summed E-state index contributed by atoms with van der Waals surface area (Å²) in [4.78, 5) is 10.3. The van der Waals surface area contributed by atoms with Crippen molar-refractivity contribution >= 4 is 29.2 Å². The molecule has 1 rings (SSSR count). The zero-order chi connectivity index (χ0) is 10.7. The Hall–Kier alpha value is -0.930. The summed E-state index contributed by atoms with van der Waals surface area (Å²) < 4.78 is 4.99. The van der Waals surface area contributed by atoms with Crippen LogP contribution in [0.2, 0.25) is 10.0 Å². The van der Waals surface area contributed by atoms with Crippen molar-refractivity contribution in [3.05, 3.63) is 27.7 Å². The molecule has 3 nitrogen and oxygen atoms in total. The summed E-state index contributed by atoms with van der Waals surface area (Å²) in [6, 6.07) is 3.16. The van der Waals surface area contributed by atoms with Crippen LogP contribution < -0.4 is 4.74 Å². The lowest BCUT2D eigenvalue weighted by atomic mass is 10.2. The molecule has 0 fully saturated rings. The SMILES string of the molecule is Cc1cc(Cl)cc(Cl)c1OCC(=O)O. The standard InChI is InChI=1S/C9H8Cl2O3/c1-5-2-6(10)3-7(11)9(5)14-4-8(12)13/h2-3H,4H2,1H3,(H,12,13). The Kier molecular flexibility index (Phi) is 3.61. The fraction of sp³-hybridized carbons (Fsp3) is 0.222. The zero-order valence-electron chi connectivity index (χ0n) is 7.38. The summed E-state index contributed by atoms with van der Waals surface area (Å²) in [5, 5.41) is 9.23. The van der Waals surface area contributed by atoms with Crippen molar-refractivity contribution in [3.63, 3.8) is 0 Å². The summed E-state index contributed by atoms with van der Waals surface area (Å²) in [5.41, 5.74) is 0.712. The molecule has 0 aromatic heterocycles. The molecule has 0 bridgehead atoms. The highest BCUT2D eigenvalue weighted by Crippen LogP contribution is 2.31. The van der Waals surface area contributed by atoms with Gasteiger partial charge in [0.15, 0.2) is 6.61 Å². The Balaban J connectivity index is 2.91. The van der Waals surface area contributed by atoms with E-state index in [0.717, 1.165) is 0 Å². The van der Waals surface area contributed by atoms with Gasteiger partial charge in [0, 0.05) is 5.02 Å². The van der Waals surface area contributed by atoms with Gasteiger partial charge in [0.1, 0.15) is 5.75 Å². The maximum absolute atomic E-state index is 10.3. The number of hydrogen-bond donors (Lipinski definition) is 1. The van der Waals surface area contributed by atoms with E-state index in [9.17, 15) is 4.79 Å². The smallest absolute Gasteiger partial charge is 0.341 e. The molecule has 0 radical (unpaired) electrons. The van der Waals surface area contributed by atoms with Crippen molar-refractivity contribution in [2.45, 2.75) is 6.92 Å². The molecule has 0 unspecified atom stereocenters. The van der Waals surface area contributed by atoms with Crippen LogP contribution in [0.4, 0.5) is 0 Å². The Morgan fingerprint density at radius 3 is 2.64 bits per heavy atom. The monoisotopic (exact) mass is 234 g/mol. The van der Waals surface area contributed by atoms with Gasteiger partial charge in [-0.2, -0.15) is 0 Å². The van der Waals surface area contributed by atoms with E-state index in [1.807, 2.05) is 0 Å². The van der Waals surface area contributed by atoms with Gasteiger partial charge < -0.3 is 9.84 Å². The molecule has 0 aliphatic heterocycles. The predicted octanol–water partition coefficient (Wildman–Crippen LogP) is 2.77. The summed E-state index contributed by atoms with van der Waals surface area (Å²) in [6.07, 6.45) is 0. The van der Waals surface area contributed by atoms with Crippen molar-refractivity contribution in [2.75, 3.05) is 6.61 Å². The van der Waals surface area contributed by atoms with Crippen LogP contribution >= 0.6 is 23.2 Å². The second kappa shape index (κ2) is 4.53. The van der Waals surface area contributed by atoms with Gasteiger partial charge in [-0.05, 0) is 24.6 Å². The van der Waals surface area contributed by atoms with Crippen LogP contribution in [0.3, 0.4) is 0 Å². The molecule has 76 valence electrons. The molecular formula is C9H8Cl2O3. The largest absolute Gasteiger partial charge is 0.480 e. The fourth-order valence-electron chi connectivity index (χ4n) is 1.01. The fourth-order valence-corrected chi connectivity index (χ4v) is 1.66. The van der Waals surface area contributed by atoms with Gasteiger partial charge in [-0.1, -0.05) is 23.2 Å². The number of carboxylic acid groups (broad SMARTS) is 1. The normalized spacial score (nSPS) is 9.93. The molecule has 1 aromatic rings. The van der Waals surface area contributed by atoms with Crippen LogP contribution in [0.15, 0.2) is 12.1 Å². The van der Waals surface area contributed by atoms with Crippen molar-refractivity contribution in [1.29, 1.82) is 0 Å². The van der Waals surface area contributed by atoms with Gasteiger partial charge in [-0.25, -0.2) is 4.79 Å². The predicted molar refractivity (Wildman–Crippen MR) is 54.3 cm³/mol. The molecule has 0 saturated carbocycles. The lowest BCUT2D eigenvalue weighted by Crippen LogP contribution is -2.10. The second-order valence-electron chi connectivity index (χ2n) is 2.72. The third kappa shape index (κ3) is 2.79. The number of carboxylic acids is 1. The molecule has 5 heteroatoms. The van der Waals surface area contributed by atoms with E-state index < -0.39 is 12.6 Å². The number of rotatable bonds is 3. The van der Waals surface area contributed by atoms with Crippen molar-refractivity contribution in [2.24, 2.45) is 0 Å². The summed E-state index contributed by atoms with van der Waals surface area (Å²) in [5.74, 6) is -0.686. The molecule has 14 heavy (non-hydrogen) atoms. The number of aryl methyl sites for hydroxylation is 1. The van der Waals surface area contributed by atoms with Crippen LogP contribution in [0, 0.1) is 6.92 Å². The van der Waals surface area contributed by atoms with Gasteiger partial charge >= 0.3 is 5.97 Å². The highest BCUT2D eigenvalue weighted by atomic mass is 35.5. The average molecular weight is 235 g/mol. The third-order valence-electron chi connectivity index (χ3n) is 1.53. The van der Waals surface area contributed by atoms with Crippen LogP contribution in [0.1, 0.15) is 5.56 Å². The highest BCUT2D eigenvalue weighted by Gasteiger charge is 2.08. The third-order valence-corrected chi connectivity index (χ3v) is 2.03. The van der Waals surface area contributed by atoms with Crippen molar-refractivity contribution in [3.8, 4) is 5.75 Å². The quantitative estimate of drug-likeness (QED) is 0.876. The molecule has 0 aliphatic rings. The van der Waals surface area contributed by atoms with E-state index in [4.69, 9.17) is 33.0 Å². The second-order valence-corrected chi connectivity index (χ2v) is 3.56. The Bertz CT molecular complexity index is 340. The number of ether oxygens (including phenoxy) is 1. The molecule has 1 N–H and O–H groups in total.